The Labute approximate surface area is 59.2 Å². The van der Waals surface area contributed by atoms with Crippen LogP contribution in [0, 0.1) is 5.92 Å². The number of alkyl halides is 1. The van der Waals surface area contributed by atoms with Gasteiger partial charge in [0, 0.05) is 12.5 Å². The first-order valence-electron chi connectivity index (χ1n) is 3.38. The second-order valence-electron chi connectivity index (χ2n) is 2.47. The van der Waals surface area contributed by atoms with Gasteiger partial charge in [-0.25, -0.2) is 10.3 Å². The van der Waals surface area contributed by atoms with Crippen molar-refractivity contribution in [1.82, 2.24) is 0 Å². The van der Waals surface area contributed by atoms with Crippen LogP contribution in [0.15, 0.2) is 0 Å². The summed E-state index contributed by atoms with van der Waals surface area (Å²) in [6, 6.07) is 0. The van der Waals surface area contributed by atoms with Crippen LogP contribution in [-0.4, -0.2) is 26.0 Å². The molecule has 2 N–H and O–H groups in total. The van der Waals surface area contributed by atoms with Gasteiger partial charge >= 0.3 is 0 Å². The molecule has 0 aromatic heterocycles. The van der Waals surface area contributed by atoms with Crippen molar-refractivity contribution >= 4 is 0 Å². The lowest BCUT2D eigenvalue weighted by molar-refractivity contribution is 0.0500. The largest absolute Gasteiger partial charge is 0.381 e. The number of rotatable bonds is 3. The fourth-order valence-corrected chi connectivity index (χ4v) is 1.07. The molecule has 1 fully saturated rings. The molecule has 0 aromatic carbocycles. The maximum atomic E-state index is 12.8. The molecular formula is C6H12FNO2. The molecule has 1 rings (SSSR count). The van der Waals surface area contributed by atoms with Gasteiger partial charge in [0.1, 0.15) is 6.17 Å². The highest BCUT2D eigenvalue weighted by Gasteiger charge is 2.25. The molecule has 0 amide bonds. The molecule has 0 spiro atoms. The third kappa shape index (κ3) is 1.90. The van der Waals surface area contributed by atoms with Gasteiger partial charge in [0.25, 0.3) is 0 Å². The highest BCUT2D eigenvalue weighted by Crippen LogP contribution is 2.18. The molecule has 0 radical (unpaired) electrons. The van der Waals surface area contributed by atoms with E-state index in [1.54, 1.807) is 0 Å². The molecule has 2 atom stereocenters. The SMILES string of the molecule is NOCC(F)C1CCOC1. The first-order chi connectivity index (χ1) is 4.84. The number of halogens is 1. The van der Waals surface area contributed by atoms with E-state index in [1.807, 2.05) is 0 Å². The van der Waals surface area contributed by atoms with E-state index < -0.39 is 6.17 Å². The van der Waals surface area contributed by atoms with E-state index in [0.29, 0.717) is 13.2 Å². The maximum Gasteiger partial charge on any atom is 0.130 e. The fraction of sp³-hybridized carbons (Fsp3) is 1.00. The average Bonchev–Trinajstić information content (AvgIpc) is 2.38. The Bertz CT molecular complexity index is 95.7. The van der Waals surface area contributed by atoms with Gasteiger partial charge in [0.2, 0.25) is 0 Å². The minimum absolute atomic E-state index is 0.0106. The summed E-state index contributed by atoms with van der Waals surface area (Å²) >= 11 is 0. The molecule has 0 saturated carbocycles. The van der Waals surface area contributed by atoms with Crippen molar-refractivity contribution in [3.8, 4) is 0 Å². The van der Waals surface area contributed by atoms with E-state index in [-0.39, 0.29) is 12.5 Å². The van der Waals surface area contributed by atoms with Gasteiger partial charge in [0.05, 0.1) is 13.2 Å². The van der Waals surface area contributed by atoms with E-state index >= 15 is 0 Å². The van der Waals surface area contributed by atoms with Gasteiger partial charge in [-0.1, -0.05) is 0 Å². The van der Waals surface area contributed by atoms with Crippen molar-refractivity contribution in [2.24, 2.45) is 11.8 Å². The zero-order chi connectivity index (χ0) is 7.40. The summed E-state index contributed by atoms with van der Waals surface area (Å²) in [5, 5.41) is 0. The van der Waals surface area contributed by atoms with Crippen LogP contribution in [0.1, 0.15) is 6.42 Å². The Hall–Kier alpha value is -0.190. The standard InChI is InChI=1S/C6H12FNO2/c7-6(4-10-8)5-1-2-9-3-5/h5-6H,1-4,8H2. The van der Waals surface area contributed by atoms with E-state index in [2.05, 4.69) is 4.84 Å². The molecule has 1 aliphatic rings. The van der Waals surface area contributed by atoms with Crippen molar-refractivity contribution in [3.63, 3.8) is 0 Å². The summed E-state index contributed by atoms with van der Waals surface area (Å²) in [5.41, 5.74) is 0. The smallest absolute Gasteiger partial charge is 0.130 e. The predicted molar refractivity (Wildman–Crippen MR) is 34.0 cm³/mol. The van der Waals surface area contributed by atoms with Gasteiger partial charge in [-0.3, -0.25) is 0 Å². The third-order valence-electron chi connectivity index (χ3n) is 1.73. The number of hydrogen-bond acceptors (Lipinski definition) is 3. The van der Waals surface area contributed by atoms with E-state index in [4.69, 9.17) is 10.6 Å². The average molecular weight is 149 g/mol. The van der Waals surface area contributed by atoms with Gasteiger partial charge in [-0.2, -0.15) is 0 Å². The minimum atomic E-state index is -0.965. The predicted octanol–water partition coefficient (Wildman–Crippen LogP) is 0.251. The topological polar surface area (TPSA) is 44.5 Å². The van der Waals surface area contributed by atoms with Gasteiger partial charge in [-0.05, 0) is 6.42 Å². The molecule has 1 aliphatic heterocycles. The van der Waals surface area contributed by atoms with Crippen LogP contribution in [0.5, 0.6) is 0 Å². The van der Waals surface area contributed by atoms with Crippen molar-refractivity contribution in [2.75, 3.05) is 19.8 Å². The van der Waals surface area contributed by atoms with Crippen LogP contribution in [-0.2, 0) is 9.57 Å². The summed E-state index contributed by atoms with van der Waals surface area (Å²) in [5.74, 6) is 4.71. The molecule has 3 nitrogen and oxygen atoms in total. The Morgan fingerprint density at radius 2 is 2.60 bits per heavy atom. The van der Waals surface area contributed by atoms with Crippen molar-refractivity contribution in [3.05, 3.63) is 0 Å². The Balaban J connectivity index is 2.18. The van der Waals surface area contributed by atoms with Crippen LogP contribution in [0.2, 0.25) is 0 Å². The van der Waals surface area contributed by atoms with Crippen LogP contribution < -0.4 is 5.90 Å². The molecule has 4 heteroatoms. The molecule has 1 saturated heterocycles. The van der Waals surface area contributed by atoms with Gasteiger partial charge in [-0.15, -0.1) is 0 Å². The highest BCUT2D eigenvalue weighted by atomic mass is 19.1. The lowest BCUT2D eigenvalue weighted by Gasteiger charge is -2.11. The van der Waals surface area contributed by atoms with E-state index in [1.165, 1.54) is 0 Å². The van der Waals surface area contributed by atoms with Crippen LogP contribution >= 0.6 is 0 Å². The maximum absolute atomic E-state index is 12.8. The van der Waals surface area contributed by atoms with Gasteiger partial charge < -0.3 is 9.57 Å². The van der Waals surface area contributed by atoms with Crippen LogP contribution in [0.4, 0.5) is 4.39 Å². The number of nitrogens with two attached hydrogens (primary N) is 1. The van der Waals surface area contributed by atoms with Crippen LogP contribution in [0.3, 0.4) is 0 Å². The zero-order valence-electron chi connectivity index (χ0n) is 5.75. The second kappa shape index (κ2) is 3.85. The molecule has 0 aliphatic carbocycles. The fourth-order valence-electron chi connectivity index (χ4n) is 1.07. The lowest BCUT2D eigenvalue weighted by atomic mass is 10.0. The lowest BCUT2D eigenvalue weighted by Crippen LogP contribution is -2.23. The summed E-state index contributed by atoms with van der Waals surface area (Å²) in [6.45, 7) is 1.15. The zero-order valence-corrected chi connectivity index (χ0v) is 5.75. The molecule has 1 heterocycles. The second-order valence-corrected chi connectivity index (χ2v) is 2.47. The minimum Gasteiger partial charge on any atom is -0.381 e. The summed E-state index contributed by atoms with van der Waals surface area (Å²) in [6.07, 6.45) is -0.183. The number of hydrogen-bond donors (Lipinski definition) is 1. The normalized spacial score (nSPS) is 28.8. The molecule has 10 heavy (non-hydrogen) atoms. The Morgan fingerprint density at radius 1 is 1.80 bits per heavy atom. The molecule has 0 aromatic rings. The van der Waals surface area contributed by atoms with Crippen molar-refractivity contribution < 1.29 is 14.0 Å². The first-order valence-corrected chi connectivity index (χ1v) is 3.38. The quantitative estimate of drug-likeness (QED) is 0.585. The monoisotopic (exact) mass is 149 g/mol. The van der Waals surface area contributed by atoms with E-state index in [0.717, 1.165) is 6.42 Å². The highest BCUT2D eigenvalue weighted by molar-refractivity contribution is 4.72. The van der Waals surface area contributed by atoms with Crippen LogP contribution in [0.25, 0.3) is 0 Å². The molecule has 60 valence electrons. The van der Waals surface area contributed by atoms with Crippen molar-refractivity contribution in [2.45, 2.75) is 12.6 Å². The summed E-state index contributed by atoms with van der Waals surface area (Å²) in [7, 11) is 0. The summed E-state index contributed by atoms with van der Waals surface area (Å²) < 4.78 is 17.8. The van der Waals surface area contributed by atoms with E-state index in [9.17, 15) is 4.39 Å². The molecule has 0 bridgehead atoms. The molecular weight excluding hydrogens is 137 g/mol. The Kier molecular flexibility index (Phi) is 3.05. The molecule has 2 unspecified atom stereocenters. The Morgan fingerprint density at radius 3 is 3.10 bits per heavy atom. The third-order valence-corrected chi connectivity index (χ3v) is 1.73. The first kappa shape index (κ1) is 7.91. The van der Waals surface area contributed by atoms with Gasteiger partial charge in [0.15, 0.2) is 0 Å². The summed E-state index contributed by atoms with van der Waals surface area (Å²) in [4.78, 5) is 4.19. The number of ether oxygens (including phenoxy) is 1. The van der Waals surface area contributed by atoms with Crippen molar-refractivity contribution in [1.29, 1.82) is 0 Å².